The Kier molecular flexibility index (Phi) is 1.88. The molecule has 1 heteroatoms. The zero-order valence-corrected chi connectivity index (χ0v) is 7.96. The van der Waals surface area contributed by atoms with Gasteiger partial charge in [0, 0.05) is 0 Å². The maximum absolute atomic E-state index is 6.02. The molecule has 0 heterocycles. The van der Waals surface area contributed by atoms with Gasteiger partial charge in [-0.1, -0.05) is 41.4 Å². The third-order valence-electron chi connectivity index (χ3n) is 2.62. The van der Waals surface area contributed by atoms with Gasteiger partial charge in [-0.15, -0.1) is 0 Å². The molecule has 0 amide bonds. The monoisotopic (exact) mass is 166 g/mol. The van der Waals surface area contributed by atoms with Gasteiger partial charge in [-0.05, 0) is 30.2 Å². The summed E-state index contributed by atoms with van der Waals surface area (Å²) in [7, 11) is 6.02. The number of fused-ring (bicyclic) bond motifs is 1. The summed E-state index contributed by atoms with van der Waals surface area (Å²) in [6, 6.07) is 10.4. The smallest absolute Gasteiger partial charge is 0.0859 e. The van der Waals surface area contributed by atoms with Crippen molar-refractivity contribution in [3.05, 3.63) is 41.5 Å². The van der Waals surface area contributed by atoms with Gasteiger partial charge in [-0.3, -0.25) is 0 Å². The van der Waals surface area contributed by atoms with E-state index in [0.717, 1.165) is 10.8 Å². The fourth-order valence-electron chi connectivity index (χ4n) is 1.62. The topological polar surface area (TPSA) is 0 Å². The molecule has 0 nitrogen and oxygen atoms in total. The van der Waals surface area contributed by atoms with Crippen molar-refractivity contribution in [3.63, 3.8) is 0 Å². The van der Waals surface area contributed by atoms with Gasteiger partial charge in [0.15, 0.2) is 0 Å². The van der Waals surface area contributed by atoms with Gasteiger partial charge >= 0.3 is 0 Å². The summed E-state index contributed by atoms with van der Waals surface area (Å²) in [4.78, 5) is 0. The minimum absolute atomic E-state index is 0.913. The lowest BCUT2D eigenvalue weighted by Gasteiger charge is -2.09. The molecule has 0 spiro atoms. The van der Waals surface area contributed by atoms with Crippen LogP contribution in [0.3, 0.4) is 0 Å². The van der Waals surface area contributed by atoms with Gasteiger partial charge in [-0.2, -0.15) is 0 Å². The van der Waals surface area contributed by atoms with Crippen LogP contribution in [0.4, 0.5) is 0 Å². The van der Waals surface area contributed by atoms with Gasteiger partial charge in [0.25, 0.3) is 0 Å². The molecule has 2 rings (SSSR count). The van der Waals surface area contributed by atoms with Crippen LogP contribution in [-0.2, 0) is 0 Å². The second-order valence-corrected chi connectivity index (χ2v) is 3.45. The van der Waals surface area contributed by atoms with Crippen LogP contribution in [-0.4, -0.2) is 7.85 Å². The Morgan fingerprint density at radius 3 is 2.54 bits per heavy atom. The Labute approximate surface area is 80.0 Å². The van der Waals surface area contributed by atoms with E-state index in [1.807, 2.05) is 12.1 Å². The minimum Gasteiger partial charge on any atom is -0.0859 e. The zero-order chi connectivity index (χ0) is 9.42. The first-order valence-electron chi connectivity index (χ1n) is 4.44. The van der Waals surface area contributed by atoms with Crippen molar-refractivity contribution in [2.75, 3.05) is 0 Å². The summed E-state index contributed by atoms with van der Waals surface area (Å²) < 4.78 is 0. The lowest BCUT2D eigenvalue weighted by atomic mass is 9.84. The molecule has 62 valence electrons. The quantitative estimate of drug-likeness (QED) is 0.526. The third kappa shape index (κ3) is 1.25. The SMILES string of the molecule is [B]c1c(C)c(C)cc2ccccc12. The summed E-state index contributed by atoms with van der Waals surface area (Å²) >= 11 is 0. The average molecular weight is 166 g/mol. The van der Waals surface area contributed by atoms with Crippen LogP contribution >= 0.6 is 0 Å². The molecular weight excluding hydrogens is 155 g/mol. The normalized spacial score (nSPS) is 10.6. The Balaban J connectivity index is 2.94. The van der Waals surface area contributed by atoms with Crippen molar-refractivity contribution >= 4 is 24.1 Å². The van der Waals surface area contributed by atoms with Gasteiger partial charge in [-0.25, -0.2) is 0 Å². The third-order valence-corrected chi connectivity index (χ3v) is 2.62. The van der Waals surface area contributed by atoms with Crippen LogP contribution in [0.5, 0.6) is 0 Å². The second-order valence-electron chi connectivity index (χ2n) is 3.45. The van der Waals surface area contributed by atoms with Gasteiger partial charge in [0.1, 0.15) is 7.85 Å². The van der Waals surface area contributed by atoms with Crippen LogP contribution in [0.2, 0.25) is 0 Å². The minimum atomic E-state index is 0.913. The Hall–Kier alpha value is -1.24. The van der Waals surface area contributed by atoms with Crippen LogP contribution in [0, 0.1) is 13.8 Å². The Bertz CT molecular complexity index is 458. The lowest BCUT2D eigenvalue weighted by Crippen LogP contribution is -2.10. The highest BCUT2D eigenvalue weighted by molar-refractivity contribution is 6.39. The molecule has 0 N–H and O–H groups in total. The lowest BCUT2D eigenvalue weighted by molar-refractivity contribution is 1.39. The average Bonchev–Trinajstić information content (AvgIpc) is 2.15. The molecule has 0 aliphatic carbocycles. The van der Waals surface area contributed by atoms with E-state index in [0.29, 0.717) is 0 Å². The van der Waals surface area contributed by atoms with E-state index < -0.39 is 0 Å². The van der Waals surface area contributed by atoms with Crippen molar-refractivity contribution < 1.29 is 0 Å². The van der Waals surface area contributed by atoms with E-state index in [-0.39, 0.29) is 0 Å². The van der Waals surface area contributed by atoms with E-state index in [1.165, 1.54) is 16.5 Å². The summed E-state index contributed by atoms with van der Waals surface area (Å²) in [5.41, 5.74) is 3.37. The number of rotatable bonds is 0. The van der Waals surface area contributed by atoms with E-state index >= 15 is 0 Å². The number of hydrogen-bond acceptors (Lipinski definition) is 0. The van der Waals surface area contributed by atoms with Crippen LogP contribution in [0.15, 0.2) is 30.3 Å². The van der Waals surface area contributed by atoms with Gasteiger partial charge in [0.05, 0.1) is 0 Å². The highest BCUT2D eigenvalue weighted by Gasteiger charge is 2.01. The van der Waals surface area contributed by atoms with E-state index in [9.17, 15) is 0 Å². The molecule has 0 aromatic heterocycles. The van der Waals surface area contributed by atoms with Crippen molar-refractivity contribution in [1.82, 2.24) is 0 Å². The highest BCUT2D eigenvalue weighted by Crippen LogP contribution is 2.15. The molecule has 0 bridgehead atoms. The predicted octanol–water partition coefficient (Wildman–Crippen LogP) is 2.25. The fraction of sp³-hybridized carbons (Fsp3) is 0.167. The van der Waals surface area contributed by atoms with Gasteiger partial charge < -0.3 is 0 Å². The molecule has 0 aliphatic rings. The summed E-state index contributed by atoms with van der Waals surface area (Å²) in [6.45, 7) is 4.16. The van der Waals surface area contributed by atoms with Crippen molar-refractivity contribution in [2.24, 2.45) is 0 Å². The largest absolute Gasteiger partial charge is 0.115 e. The number of aryl methyl sites for hydroxylation is 1. The summed E-state index contributed by atoms with van der Waals surface area (Å²) in [5.74, 6) is 0. The predicted molar refractivity (Wildman–Crippen MR) is 58.8 cm³/mol. The van der Waals surface area contributed by atoms with Crippen molar-refractivity contribution in [3.8, 4) is 0 Å². The molecule has 0 saturated heterocycles. The molecule has 13 heavy (non-hydrogen) atoms. The van der Waals surface area contributed by atoms with Crippen molar-refractivity contribution in [1.29, 1.82) is 0 Å². The first kappa shape index (κ1) is 8.37. The molecule has 0 aliphatic heterocycles. The molecule has 0 saturated carbocycles. The molecule has 2 radical (unpaired) electrons. The summed E-state index contributed by atoms with van der Waals surface area (Å²) in [6.07, 6.45) is 0. The number of hydrogen-bond donors (Lipinski definition) is 0. The standard InChI is InChI=1S/C12H11B/c1-8-7-10-5-3-4-6-11(10)12(13)9(8)2/h3-7H,1-2H3. The Morgan fingerprint density at radius 2 is 1.77 bits per heavy atom. The maximum atomic E-state index is 6.02. The van der Waals surface area contributed by atoms with E-state index in [4.69, 9.17) is 7.85 Å². The van der Waals surface area contributed by atoms with Crippen LogP contribution in [0.25, 0.3) is 10.8 Å². The highest BCUT2D eigenvalue weighted by atomic mass is 14.0. The Morgan fingerprint density at radius 1 is 1.08 bits per heavy atom. The second kappa shape index (κ2) is 2.92. The molecular formula is C12H11B. The molecule has 0 atom stereocenters. The number of benzene rings is 2. The van der Waals surface area contributed by atoms with Gasteiger partial charge in [0.2, 0.25) is 0 Å². The van der Waals surface area contributed by atoms with Crippen molar-refractivity contribution in [2.45, 2.75) is 13.8 Å². The first-order valence-corrected chi connectivity index (χ1v) is 4.44. The first-order chi connectivity index (χ1) is 6.20. The molecule has 2 aromatic carbocycles. The molecule has 2 aromatic rings. The fourth-order valence-corrected chi connectivity index (χ4v) is 1.62. The van der Waals surface area contributed by atoms with Crippen LogP contribution < -0.4 is 5.46 Å². The van der Waals surface area contributed by atoms with Crippen LogP contribution in [0.1, 0.15) is 11.1 Å². The molecule has 0 fully saturated rings. The van der Waals surface area contributed by atoms with E-state index in [2.05, 4.69) is 32.0 Å². The van der Waals surface area contributed by atoms with E-state index in [1.54, 1.807) is 0 Å². The summed E-state index contributed by atoms with van der Waals surface area (Å²) in [5, 5.41) is 2.38. The maximum Gasteiger partial charge on any atom is 0.115 e. The zero-order valence-electron chi connectivity index (χ0n) is 7.96. The molecule has 0 unspecified atom stereocenters.